The van der Waals surface area contributed by atoms with E-state index in [-0.39, 0.29) is 12.1 Å². The SMILES string of the molecule is COc1ccc(OC)c([C@@H]2CCCN2C(=O)NCc2ccco2)c1. The maximum absolute atomic E-state index is 12.6. The highest BCUT2D eigenvalue weighted by Crippen LogP contribution is 2.38. The van der Waals surface area contributed by atoms with E-state index in [1.165, 1.54) is 0 Å². The maximum atomic E-state index is 12.6. The number of rotatable bonds is 5. The smallest absolute Gasteiger partial charge is 0.318 e. The minimum Gasteiger partial charge on any atom is -0.497 e. The third kappa shape index (κ3) is 3.32. The number of furan rings is 1. The summed E-state index contributed by atoms with van der Waals surface area (Å²) >= 11 is 0. The van der Waals surface area contributed by atoms with E-state index in [0.717, 1.165) is 42.2 Å². The van der Waals surface area contributed by atoms with Crippen molar-refractivity contribution in [2.24, 2.45) is 0 Å². The van der Waals surface area contributed by atoms with Gasteiger partial charge in [0, 0.05) is 12.1 Å². The van der Waals surface area contributed by atoms with Crippen LogP contribution < -0.4 is 14.8 Å². The topological polar surface area (TPSA) is 63.9 Å². The standard InChI is InChI=1S/C18H22N2O4/c1-22-13-7-8-17(23-2)15(11-13)16-6-3-9-20(16)18(21)19-12-14-5-4-10-24-14/h4-5,7-8,10-11,16H,3,6,9,12H2,1-2H3,(H,19,21)/t16-/m0/s1. The van der Waals surface area contributed by atoms with Crippen LogP contribution in [0.15, 0.2) is 41.0 Å². The molecule has 1 N–H and O–H groups in total. The first-order valence-electron chi connectivity index (χ1n) is 8.01. The van der Waals surface area contributed by atoms with Crippen LogP contribution in [0.5, 0.6) is 11.5 Å². The van der Waals surface area contributed by atoms with Crippen LogP contribution in [0, 0.1) is 0 Å². The summed E-state index contributed by atoms with van der Waals surface area (Å²) in [6, 6.07) is 9.21. The molecular formula is C18H22N2O4. The molecule has 24 heavy (non-hydrogen) atoms. The number of urea groups is 1. The van der Waals surface area contributed by atoms with Gasteiger partial charge >= 0.3 is 6.03 Å². The van der Waals surface area contributed by atoms with E-state index in [1.807, 2.05) is 29.2 Å². The number of likely N-dealkylation sites (tertiary alicyclic amines) is 1. The highest BCUT2D eigenvalue weighted by atomic mass is 16.5. The van der Waals surface area contributed by atoms with Gasteiger partial charge in [0.15, 0.2) is 0 Å². The zero-order valence-corrected chi connectivity index (χ0v) is 14.0. The summed E-state index contributed by atoms with van der Waals surface area (Å²) in [5.41, 5.74) is 0.975. The molecule has 0 spiro atoms. The van der Waals surface area contributed by atoms with Crippen LogP contribution in [0.25, 0.3) is 0 Å². The fourth-order valence-corrected chi connectivity index (χ4v) is 3.11. The number of benzene rings is 1. The van der Waals surface area contributed by atoms with Gasteiger partial charge in [-0.15, -0.1) is 0 Å². The van der Waals surface area contributed by atoms with Gasteiger partial charge in [-0.05, 0) is 43.2 Å². The summed E-state index contributed by atoms with van der Waals surface area (Å²) < 4.78 is 16.0. The second-order valence-electron chi connectivity index (χ2n) is 5.70. The van der Waals surface area contributed by atoms with Gasteiger partial charge in [-0.1, -0.05) is 0 Å². The molecule has 2 heterocycles. The van der Waals surface area contributed by atoms with Crippen molar-refractivity contribution in [2.45, 2.75) is 25.4 Å². The Morgan fingerprint density at radius 1 is 1.33 bits per heavy atom. The third-order valence-corrected chi connectivity index (χ3v) is 4.30. The third-order valence-electron chi connectivity index (χ3n) is 4.30. The van der Waals surface area contributed by atoms with E-state index < -0.39 is 0 Å². The summed E-state index contributed by atoms with van der Waals surface area (Å²) in [5, 5.41) is 2.91. The molecule has 1 saturated heterocycles. The molecule has 1 aliphatic rings. The summed E-state index contributed by atoms with van der Waals surface area (Å²) in [6.07, 6.45) is 3.46. The number of carbonyl (C=O) groups excluding carboxylic acids is 1. The van der Waals surface area contributed by atoms with Crippen LogP contribution in [0.3, 0.4) is 0 Å². The number of ether oxygens (including phenoxy) is 2. The molecule has 2 amide bonds. The Morgan fingerprint density at radius 2 is 2.21 bits per heavy atom. The molecule has 128 valence electrons. The minimum absolute atomic E-state index is 0.0216. The monoisotopic (exact) mass is 330 g/mol. The van der Waals surface area contributed by atoms with Gasteiger partial charge in [0.2, 0.25) is 0 Å². The first-order chi connectivity index (χ1) is 11.7. The molecule has 0 unspecified atom stereocenters. The molecule has 0 bridgehead atoms. The van der Waals surface area contributed by atoms with Crippen LogP contribution in [0.1, 0.15) is 30.2 Å². The normalized spacial score (nSPS) is 16.9. The predicted octanol–water partition coefficient (Wildman–Crippen LogP) is 3.34. The first kappa shape index (κ1) is 16.2. The number of amides is 2. The summed E-state index contributed by atoms with van der Waals surface area (Å²) in [6.45, 7) is 1.10. The minimum atomic E-state index is -0.0984. The second-order valence-corrected chi connectivity index (χ2v) is 5.70. The molecule has 6 heteroatoms. The van der Waals surface area contributed by atoms with Crippen molar-refractivity contribution < 1.29 is 18.7 Å². The summed E-state index contributed by atoms with van der Waals surface area (Å²) in [7, 11) is 3.27. The van der Waals surface area contributed by atoms with Gasteiger partial charge in [-0.25, -0.2) is 4.79 Å². The number of hydrogen-bond donors (Lipinski definition) is 1. The summed E-state index contributed by atoms with van der Waals surface area (Å²) in [5.74, 6) is 2.26. The molecule has 6 nitrogen and oxygen atoms in total. The van der Waals surface area contributed by atoms with E-state index in [1.54, 1.807) is 26.5 Å². The molecule has 1 aliphatic heterocycles. The Bertz CT molecular complexity index is 684. The number of nitrogens with zero attached hydrogens (tertiary/aromatic N) is 1. The van der Waals surface area contributed by atoms with Crippen molar-refractivity contribution in [3.05, 3.63) is 47.9 Å². The number of carbonyl (C=O) groups is 1. The summed E-state index contributed by atoms with van der Waals surface area (Å²) in [4.78, 5) is 14.4. The Kier molecular flexibility index (Phi) is 4.93. The number of nitrogens with one attached hydrogen (secondary N) is 1. The lowest BCUT2D eigenvalue weighted by atomic mass is 10.0. The molecule has 1 fully saturated rings. The molecule has 1 atom stereocenters. The lowest BCUT2D eigenvalue weighted by Gasteiger charge is -2.26. The van der Waals surface area contributed by atoms with Crippen molar-refractivity contribution in [1.29, 1.82) is 0 Å². The van der Waals surface area contributed by atoms with Gasteiger partial charge in [-0.2, -0.15) is 0 Å². The van der Waals surface area contributed by atoms with Crippen molar-refractivity contribution in [3.8, 4) is 11.5 Å². The Morgan fingerprint density at radius 3 is 2.92 bits per heavy atom. The van der Waals surface area contributed by atoms with Gasteiger partial charge in [-0.3, -0.25) is 0 Å². The first-order valence-corrected chi connectivity index (χ1v) is 8.01. The molecular weight excluding hydrogens is 308 g/mol. The van der Waals surface area contributed by atoms with Crippen LogP contribution in [-0.4, -0.2) is 31.7 Å². The average Bonchev–Trinajstić information content (AvgIpc) is 3.30. The van der Waals surface area contributed by atoms with Gasteiger partial charge in [0.25, 0.3) is 0 Å². The van der Waals surface area contributed by atoms with Crippen LogP contribution >= 0.6 is 0 Å². The number of hydrogen-bond acceptors (Lipinski definition) is 4. The quantitative estimate of drug-likeness (QED) is 0.913. The van der Waals surface area contributed by atoms with E-state index in [9.17, 15) is 4.79 Å². The largest absolute Gasteiger partial charge is 0.497 e. The van der Waals surface area contributed by atoms with Crippen LogP contribution in [0.4, 0.5) is 4.79 Å². The lowest BCUT2D eigenvalue weighted by molar-refractivity contribution is 0.190. The molecule has 3 rings (SSSR count). The van der Waals surface area contributed by atoms with Crippen LogP contribution in [0.2, 0.25) is 0 Å². The second kappa shape index (κ2) is 7.29. The zero-order valence-electron chi connectivity index (χ0n) is 14.0. The molecule has 0 aliphatic carbocycles. The molecule has 1 aromatic heterocycles. The van der Waals surface area contributed by atoms with Crippen LogP contribution in [-0.2, 0) is 6.54 Å². The highest BCUT2D eigenvalue weighted by molar-refractivity contribution is 5.75. The van der Waals surface area contributed by atoms with Crippen molar-refractivity contribution in [1.82, 2.24) is 10.2 Å². The molecule has 1 aromatic carbocycles. The molecule has 0 radical (unpaired) electrons. The van der Waals surface area contributed by atoms with Crippen molar-refractivity contribution >= 4 is 6.03 Å². The molecule has 0 saturated carbocycles. The molecule has 2 aromatic rings. The van der Waals surface area contributed by atoms with E-state index in [0.29, 0.717) is 6.54 Å². The average molecular weight is 330 g/mol. The number of methoxy groups -OCH3 is 2. The van der Waals surface area contributed by atoms with Crippen molar-refractivity contribution in [2.75, 3.05) is 20.8 Å². The van der Waals surface area contributed by atoms with Gasteiger partial charge < -0.3 is 24.1 Å². The van der Waals surface area contributed by atoms with E-state index in [2.05, 4.69) is 5.32 Å². The predicted molar refractivity (Wildman–Crippen MR) is 89.2 cm³/mol. The Hall–Kier alpha value is -2.63. The van der Waals surface area contributed by atoms with E-state index in [4.69, 9.17) is 13.9 Å². The maximum Gasteiger partial charge on any atom is 0.318 e. The van der Waals surface area contributed by atoms with Gasteiger partial charge in [0.1, 0.15) is 17.3 Å². The highest BCUT2D eigenvalue weighted by Gasteiger charge is 2.32. The fourth-order valence-electron chi connectivity index (χ4n) is 3.11. The Labute approximate surface area is 141 Å². The van der Waals surface area contributed by atoms with E-state index >= 15 is 0 Å². The lowest BCUT2D eigenvalue weighted by Crippen LogP contribution is -2.39. The Balaban J connectivity index is 1.76. The fraction of sp³-hybridized carbons (Fsp3) is 0.389. The van der Waals surface area contributed by atoms with Gasteiger partial charge in [0.05, 0.1) is 33.1 Å². The van der Waals surface area contributed by atoms with Crippen molar-refractivity contribution in [3.63, 3.8) is 0 Å². The zero-order chi connectivity index (χ0) is 16.9.